The first-order valence-corrected chi connectivity index (χ1v) is 5.93. The topological polar surface area (TPSA) is 70.8 Å². The Labute approximate surface area is 106 Å². The Morgan fingerprint density at radius 1 is 1.56 bits per heavy atom. The van der Waals surface area contributed by atoms with E-state index in [0.29, 0.717) is 23.6 Å². The fourth-order valence-electron chi connectivity index (χ4n) is 1.90. The number of rotatable bonds is 4. The predicted molar refractivity (Wildman–Crippen MR) is 66.7 cm³/mol. The van der Waals surface area contributed by atoms with Gasteiger partial charge in [-0.15, -0.1) is 0 Å². The normalized spacial score (nSPS) is 18.6. The van der Waals surface area contributed by atoms with Crippen molar-refractivity contribution in [1.82, 2.24) is 0 Å². The van der Waals surface area contributed by atoms with E-state index >= 15 is 0 Å². The van der Waals surface area contributed by atoms with Crippen LogP contribution in [-0.2, 0) is 9.47 Å². The highest BCUT2D eigenvalue weighted by molar-refractivity contribution is 5.93. The molecule has 1 atom stereocenters. The van der Waals surface area contributed by atoms with Gasteiger partial charge in [-0.3, -0.25) is 0 Å². The molecule has 1 aliphatic heterocycles. The average molecular weight is 251 g/mol. The van der Waals surface area contributed by atoms with E-state index in [1.807, 2.05) is 0 Å². The standard InChI is InChI=1S/C13H17NO4/c1-16-13(15)11-7-9(14)4-5-12(11)18-8-10-3-2-6-17-10/h4-5,7,10H,2-3,6,8,14H2,1H3. The summed E-state index contributed by atoms with van der Waals surface area (Å²) in [4.78, 5) is 11.6. The molecule has 0 saturated carbocycles. The molecule has 98 valence electrons. The summed E-state index contributed by atoms with van der Waals surface area (Å²) in [5.74, 6) is 0.0243. The molecule has 1 unspecified atom stereocenters. The number of nitrogen functional groups attached to an aromatic ring is 1. The summed E-state index contributed by atoms with van der Waals surface area (Å²) in [6.07, 6.45) is 2.15. The van der Waals surface area contributed by atoms with E-state index in [2.05, 4.69) is 0 Å². The van der Waals surface area contributed by atoms with E-state index in [-0.39, 0.29) is 6.10 Å². The van der Waals surface area contributed by atoms with E-state index < -0.39 is 5.97 Å². The van der Waals surface area contributed by atoms with Gasteiger partial charge < -0.3 is 19.9 Å². The van der Waals surface area contributed by atoms with Crippen LogP contribution < -0.4 is 10.5 Å². The van der Waals surface area contributed by atoms with E-state index in [1.54, 1.807) is 18.2 Å². The molecule has 2 N–H and O–H groups in total. The minimum absolute atomic E-state index is 0.105. The Morgan fingerprint density at radius 3 is 3.06 bits per heavy atom. The van der Waals surface area contributed by atoms with Crippen LogP contribution in [0.25, 0.3) is 0 Å². The molecule has 0 spiro atoms. The Bertz CT molecular complexity index is 427. The summed E-state index contributed by atoms with van der Waals surface area (Å²) in [5, 5.41) is 0. The van der Waals surface area contributed by atoms with Crippen LogP contribution in [-0.4, -0.2) is 32.4 Å². The first kappa shape index (κ1) is 12.7. The predicted octanol–water partition coefficient (Wildman–Crippen LogP) is 1.61. The minimum Gasteiger partial charge on any atom is -0.490 e. The van der Waals surface area contributed by atoms with Crippen LogP contribution in [0.2, 0.25) is 0 Å². The largest absolute Gasteiger partial charge is 0.490 e. The highest BCUT2D eigenvalue weighted by atomic mass is 16.5. The van der Waals surface area contributed by atoms with Gasteiger partial charge in [0.1, 0.15) is 17.9 Å². The lowest BCUT2D eigenvalue weighted by atomic mass is 10.2. The number of esters is 1. The fourth-order valence-corrected chi connectivity index (χ4v) is 1.90. The summed E-state index contributed by atoms with van der Waals surface area (Å²) in [5.41, 5.74) is 6.49. The molecule has 0 amide bonds. The number of ether oxygens (including phenoxy) is 3. The molecule has 2 rings (SSSR count). The van der Waals surface area contributed by atoms with Gasteiger partial charge in [0, 0.05) is 12.3 Å². The smallest absolute Gasteiger partial charge is 0.341 e. The molecule has 1 heterocycles. The maximum Gasteiger partial charge on any atom is 0.341 e. The van der Waals surface area contributed by atoms with Crippen molar-refractivity contribution in [2.45, 2.75) is 18.9 Å². The van der Waals surface area contributed by atoms with Gasteiger partial charge in [0.25, 0.3) is 0 Å². The van der Waals surface area contributed by atoms with Crippen LogP contribution in [0.15, 0.2) is 18.2 Å². The van der Waals surface area contributed by atoms with Crippen LogP contribution >= 0.6 is 0 Å². The Morgan fingerprint density at radius 2 is 2.39 bits per heavy atom. The minimum atomic E-state index is -0.454. The summed E-state index contributed by atoms with van der Waals surface area (Å²) >= 11 is 0. The summed E-state index contributed by atoms with van der Waals surface area (Å²) in [7, 11) is 1.33. The average Bonchev–Trinajstić information content (AvgIpc) is 2.89. The van der Waals surface area contributed by atoms with E-state index in [1.165, 1.54) is 7.11 Å². The monoisotopic (exact) mass is 251 g/mol. The SMILES string of the molecule is COC(=O)c1cc(N)ccc1OCC1CCCO1. The Balaban J connectivity index is 2.08. The summed E-state index contributed by atoms with van der Waals surface area (Å²) < 4.78 is 15.8. The quantitative estimate of drug-likeness (QED) is 0.650. The number of carbonyl (C=O) groups is 1. The lowest BCUT2D eigenvalue weighted by molar-refractivity contribution is 0.0568. The summed E-state index contributed by atoms with van der Waals surface area (Å²) in [6.45, 7) is 1.22. The van der Waals surface area contributed by atoms with Crippen molar-refractivity contribution in [2.75, 3.05) is 26.1 Å². The lowest BCUT2D eigenvalue weighted by Crippen LogP contribution is -2.17. The zero-order valence-corrected chi connectivity index (χ0v) is 10.3. The van der Waals surface area contributed by atoms with Crippen LogP contribution in [0.5, 0.6) is 5.75 Å². The van der Waals surface area contributed by atoms with E-state index in [9.17, 15) is 4.79 Å². The van der Waals surface area contributed by atoms with E-state index in [0.717, 1.165) is 19.4 Å². The molecule has 0 aliphatic carbocycles. The van der Waals surface area contributed by atoms with Crippen molar-refractivity contribution < 1.29 is 19.0 Å². The van der Waals surface area contributed by atoms with Crippen LogP contribution in [0.3, 0.4) is 0 Å². The zero-order valence-electron chi connectivity index (χ0n) is 10.3. The molecule has 1 aromatic rings. The molecule has 1 aliphatic rings. The molecule has 5 nitrogen and oxygen atoms in total. The second-order valence-electron chi connectivity index (χ2n) is 4.19. The molecular weight excluding hydrogens is 234 g/mol. The van der Waals surface area contributed by atoms with Crippen molar-refractivity contribution in [3.63, 3.8) is 0 Å². The third-order valence-corrected chi connectivity index (χ3v) is 2.86. The van der Waals surface area contributed by atoms with Gasteiger partial charge in [-0.2, -0.15) is 0 Å². The van der Waals surface area contributed by atoms with Crippen molar-refractivity contribution in [1.29, 1.82) is 0 Å². The molecule has 0 radical (unpaired) electrons. The maximum absolute atomic E-state index is 11.6. The molecular formula is C13H17NO4. The fraction of sp³-hybridized carbons (Fsp3) is 0.462. The van der Waals surface area contributed by atoms with E-state index in [4.69, 9.17) is 19.9 Å². The van der Waals surface area contributed by atoms with Gasteiger partial charge in [-0.1, -0.05) is 0 Å². The molecule has 1 aromatic carbocycles. The highest BCUT2D eigenvalue weighted by Crippen LogP contribution is 2.23. The maximum atomic E-state index is 11.6. The van der Waals surface area contributed by atoms with Crippen molar-refractivity contribution in [3.05, 3.63) is 23.8 Å². The number of hydrogen-bond acceptors (Lipinski definition) is 5. The highest BCUT2D eigenvalue weighted by Gasteiger charge is 2.18. The number of carbonyl (C=O) groups excluding carboxylic acids is 1. The van der Waals surface area contributed by atoms with Crippen LogP contribution in [0, 0.1) is 0 Å². The number of anilines is 1. The lowest BCUT2D eigenvalue weighted by Gasteiger charge is -2.14. The molecule has 5 heteroatoms. The first-order chi connectivity index (χ1) is 8.70. The molecule has 18 heavy (non-hydrogen) atoms. The Kier molecular flexibility index (Phi) is 4.04. The van der Waals surface area contributed by atoms with Crippen LogP contribution in [0.1, 0.15) is 23.2 Å². The van der Waals surface area contributed by atoms with Crippen LogP contribution in [0.4, 0.5) is 5.69 Å². The summed E-state index contributed by atoms with van der Waals surface area (Å²) in [6, 6.07) is 4.92. The molecule has 0 aromatic heterocycles. The van der Waals surface area contributed by atoms with Crippen molar-refractivity contribution in [3.8, 4) is 5.75 Å². The molecule has 1 saturated heterocycles. The second-order valence-corrected chi connectivity index (χ2v) is 4.19. The second kappa shape index (κ2) is 5.73. The Hall–Kier alpha value is -1.75. The van der Waals surface area contributed by atoms with Gasteiger partial charge in [0.15, 0.2) is 0 Å². The molecule has 1 fully saturated rings. The molecule has 0 bridgehead atoms. The van der Waals surface area contributed by atoms with Crippen molar-refractivity contribution in [2.24, 2.45) is 0 Å². The number of nitrogens with two attached hydrogens (primary N) is 1. The number of benzene rings is 1. The van der Waals surface area contributed by atoms with Gasteiger partial charge in [-0.25, -0.2) is 4.79 Å². The van der Waals surface area contributed by atoms with Gasteiger partial charge in [-0.05, 0) is 31.0 Å². The van der Waals surface area contributed by atoms with Gasteiger partial charge in [0.2, 0.25) is 0 Å². The van der Waals surface area contributed by atoms with Crippen molar-refractivity contribution >= 4 is 11.7 Å². The first-order valence-electron chi connectivity index (χ1n) is 5.93. The number of methoxy groups -OCH3 is 1. The zero-order chi connectivity index (χ0) is 13.0. The third kappa shape index (κ3) is 2.92. The number of hydrogen-bond donors (Lipinski definition) is 1. The third-order valence-electron chi connectivity index (χ3n) is 2.86. The van der Waals surface area contributed by atoms with Gasteiger partial charge in [0.05, 0.1) is 13.2 Å². The van der Waals surface area contributed by atoms with Gasteiger partial charge >= 0.3 is 5.97 Å².